The fraction of sp³-hybridized carbons (Fsp3) is 0.368. The van der Waals surface area contributed by atoms with E-state index in [2.05, 4.69) is 15.6 Å². The number of aryl methyl sites for hydroxylation is 1. The first-order chi connectivity index (χ1) is 12.0. The summed E-state index contributed by atoms with van der Waals surface area (Å²) in [6.07, 6.45) is 5.56. The summed E-state index contributed by atoms with van der Waals surface area (Å²) in [7, 11) is 0. The van der Waals surface area contributed by atoms with Crippen LogP contribution in [0.2, 0.25) is 5.02 Å². The van der Waals surface area contributed by atoms with Gasteiger partial charge in [-0.05, 0) is 62.4 Å². The molecule has 0 atom stereocenters. The van der Waals surface area contributed by atoms with Gasteiger partial charge in [0.25, 0.3) is 5.91 Å². The van der Waals surface area contributed by atoms with Crippen molar-refractivity contribution in [1.82, 2.24) is 10.3 Å². The second kappa shape index (κ2) is 9.19. The molecule has 1 aliphatic rings. The van der Waals surface area contributed by atoms with Crippen LogP contribution in [-0.2, 0) is 0 Å². The molecule has 0 radical (unpaired) electrons. The van der Waals surface area contributed by atoms with Crippen molar-refractivity contribution in [3.63, 3.8) is 0 Å². The molecule has 1 aliphatic carbocycles. The van der Waals surface area contributed by atoms with Crippen LogP contribution in [0.3, 0.4) is 0 Å². The predicted molar refractivity (Wildman–Crippen MR) is 105 cm³/mol. The summed E-state index contributed by atoms with van der Waals surface area (Å²) in [5.74, 6) is 0.159. The van der Waals surface area contributed by atoms with Crippen LogP contribution in [0.1, 0.15) is 41.6 Å². The minimum Gasteiger partial charge on any atom is -0.367 e. The third-order valence-electron chi connectivity index (χ3n) is 4.51. The Bertz CT molecular complexity index is 747. The van der Waals surface area contributed by atoms with Crippen LogP contribution >= 0.6 is 24.0 Å². The molecule has 1 aromatic heterocycles. The summed E-state index contributed by atoms with van der Waals surface area (Å²) < 4.78 is 13.2. The molecular formula is C19H22Cl2FN3O. The number of nitrogens with zero attached hydrogens (tertiary/aromatic N) is 1. The maximum Gasteiger partial charge on any atom is 0.251 e. The van der Waals surface area contributed by atoms with Gasteiger partial charge in [-0.1, -0.05) is 17.7 Å². The van der Waals surface area contributed by atoms with Gasteiger partial charge in [0.05, 0.1) is 5.02 Å². The third-order valence-corrected chi connectivity index (χ3v) is 4.80. The van der Waals surface area contributed by atoms with Crippen molar-refractivity contribution < 1.29 is 9.18 Å². The second-order valence-electron chi connectivity index (χ2n) is 6.52. The highest BCUT2D eigenvalue weighted by Crippen LogP contribution is 2.22. The molecule has 7 heteroatoms. The number of rotatable bonds is 4. The average molecular weight is 398 g/mol. The highest BCUT2D eigenvalue weighted by Gasteiger charge is 2.23. The molecule has 1 heterocycles. The smallest absolute Gasteiger partial charge is 0.251 e. The fourth-order valence-electron chi connectivity index (χ4n) is 3.05. The van der Waals surface area contributed by atoms with Crippen LogP contribution in [0.15, 0.2) is 36.5 Å². The second-order valence-corrected chi connectivity index (χ2v) is 6.92. The number of amides is 1. The van der Waals surface area contributed by atoms with E-state index in [1.54, 1.807) is 0 Å². The van der Waals surface area contributed by atoms with Crippen LogP contribution in [-0.4, -0.2) is 23.0 Å². The van der Waals surface area contributed by atoms with Crippen LogP contribution in [0, 0.1) is 12.7 Å². The monoisotopic (exact) mass is 397 g/mol. The summed E-state index contributed by atoms with van der Waals surface area (Å²) in [4.78, 5) is 16.6. The van der Waals surface area contributed by atoms with Gasteiger partial charge in [-0.25, -0.2) is 9.37 Å². The lowest BCUT2D eigenvalue weighted by molar-refractivity contribution is 0.0926. The van der Waals surface area contributed by atoms with E-state index in [0.29, 0.717) is 11.6 Å². The molecule has 0 saturated heterocycles. The van der Waals surface area contributed by atoms with Gasteiger partial charge in [0.15, 0.2) is 0 Å². The molecule has 1 saturated carbocycles. The standard InChI is InChI=1S/C19H21ClFN3O.ClH/c1-12-2-9-18(22-11-12)23-14-4-6-15(7-5-14)24-19(25)13-3-8-17(21)16(20)10-13;/h2-3,8-11,14-15H,4-7H2,1H3,(H,22,23)(H,24,25);1H/t14-,15+;. The number of benzene rings is 1. The first kappa shape index (κ1) is 20.5. The van der Waals surface area contributed by atoms with Gasteiger partial charge < -0.3 is 10.6 Å². The molecular weight excluding hydrogens is 376 g/mol. The van der Waals surface area contributed by atoms with Crippen molar-refractivity contribution in [3.8, 4) is 0 Å². The van der Waals surface area contributed by atoms with E-state index >= 15 is 0 Å². The van der Waals surface area contributed by atoms with E-state index in [9.17, 15) is 9.18 Å². The lowest BCUT2D eigenvalue weighted by atomic mass is 9.91. The molecule has 0 aliphatic heterocycles. The number of carbonyl (C=O) groups is 1. The molecule has 0 spiro atoms. The van der Waals surface area contributed by atoms with Gasteiger partial charge in [0.1, 0.15) is 11.6 Å². The Hall–Kier alpha value is -1.85. The lowest BCUT2D eigenvalue weighted by Crippen LogP contribution is -2.40. The zero-order chi connectivity index (χ0) is 17.8. The molecule has 0 bridgehead atoms. The summed E-state index contributed by atoms with van der Waals surface area (Å²) in [6, 6.07) is 8.54. The zero-order valence-corrected chi connectivity index (χ0v) is 16.0. The Labute approximate surface area is 164 Å². The third kappa shape index (κ3) is 5.32. The Morgan fingerprint density at radius 3 is 2.46 bits per heavy atom. The van der Waals surface area contributed by atoms with Gasteiger partial charge in [-0.2, -0.15) is 0 Å². The van der Waals surface area contributed by atoms with E-state index in [0.717, 1.165) is 37.1 Å². The minimum atomic E-state index is -0.519. The molecule has 2 aromatic rings. The average Bonchev–Trinajstić information content (AvgIpc) is 2.61. The zero-order valence-electron chi connectivity index (χ0n) is 14.5. The lowest BCUT2D eigenvalue weighted by Gasteiger charge is -2.30. The highest BCUT2D eigenvalue weighted by atomic mass is 35.5. The first-order valence-electron chi connectivity index (χ1n) is 8.46. The Kier molecular flexibility index (Phi) is 7.23. The van der Waals surface area contributed by atoms with E-state index < -0.39 is 5.82 Å². The SMILES string of the molecule is Cc1ccc(N[C@H]2CC[C@@H](NC(=O)c3ccc(F)c(Cl)c3)CC2)nc1.Cl. The predicted octanol–water partition coefficient (Wildman–Crippen LogP) is 4.76. The summed E-state index contributed by atoms with van der Waals surface area (Å²) in [6.45, 7) is 2.01. The largest absolute Gasteiger partial charge is 0.367 e. The van der Waals surface area contributed by atoms with Crippen molar-refractivity contribution in [1.29, 1.82) is 0 Å². The number of hydrogen-bond donors (Lipinski definition) is 2. The minimum absolute atomic E-state index is 0. The molecule has 1 amide bonds. The highest BCUT2D eigenvalue weighted by molar-refractivity contribution is 6.31. The van der Waals surface area contributed by atoms with E-state index in [4.69, 9.17) is 11.6 Å². The molecule has 140 valence electrons. The number of aromatic nitrogens is 1. The van der Waals surface area contributed by atoms with Crippen molar-refractivity contribution >= 4 is 35.7 Å². The van der Waals surface area contributed by atoms with E-state index in [1.165, 1.54) is 18.2 Å². The molecule has 4 nitrogen and oxygen atoms in total. The molecule has 0 unspecified atom stereocenters. The molecule has 1 aromatic carbocycles. The first-order valence-corrected chi connectivity index (χ1v) is 8.84. The number of hydrogen-bond acceptors (Lipinski definition) is 3. The fourth-order valence-corrected chi connectivity index (χ4v) is 3.23. The molecule has 2 N–H and O–H groups in total. The Balaban J connectivity index is 0.00000243. The number of anilines is 1. The molecule has 3 rings (SSSR count). The van der Waals surface area contributed by atoms with Crippen LogP contribution in [0.25, 0.3) is 0 Å². The van der Waals surface area contributed by atoms with Gasteiger partial charge in [-0.15, -0.1) is 12.4 Å². The number of carbonyl (C=O) groups excluding carboxylic acids is 1. The van der Waals surface area contributed by atoms with Crippen LogP contribution < -0.4 is 10.6 Å². The maximum absolute atomic E-state index is 13.2. The van der Waals surface area contributed by atoms with Gasteiger partial charge in [-0.3, -0.25) is 4.79 Å². The van der Waals surface area contributed by atoms with Crippen molar-refractivity contribution in [2.24, 2.45) is 0 Å². The van der Waals surface area contributed by atoms with Crippen LogP contribution in [0.5, 0.6) is 0 Å². The Morgan fingerprint density at radius 2 is 1.85 bits per heavy atom. The molecule has 26 heavy (non-hydrogen) atoms. The molecule has 1 fully saturated rings. The van der Waals surface area contributed by atoms with Crippen molar-refractivity contribution in [2.75, 3.05) is 5.32 Å². The van der Waals surface area contributed by atoms with Crippen LogP contribution in [0.4, 0.5) is 10.2 Å². The van der Waals surface area contributed by atoms with Gasteiger partial charge in [0, 0.05) is 23.8 Å². The number of pyridine rings is 1. The summed E-state index contributed by atoms with van der Waals surface area (Å²) >= 11 is 5.74. The quantitative estimate of drug-likeness (QED) is 0.781. The summed E-state index contributed by atoms with van der Waals surface area (Å²) in [5.41, 5.74) is 1.52. The summed E-state index contributed by atoms with van der Waals surface area (Å²) in [5, 5.41) is 6.42. The van der Waals surface area contributed by atoms with Crippen molar-refractivity contribution in [2.45, 2.75) is 44.7 Å². The topological polar surface area (TPSA) is 54.0 Å². The van der Waals surface area contributed by atoms with E-state index in [1.807, 2.05) is 25.3 Å². The number of halogens is 3. The maximum atomic E-state index is 13.2. The normalized spacial score (nSPS) is 19.3. The van der Waals surface area contributed by atoms with E-state index in [-0.39, 0.29) is 29.4 Å². The van der Waals surface area contributed by atoms with Crippen molar-refractivity contribution in [3.05, 3.63) is 58.5 Å². The number of nitrogens with one attached hydrogen (secondary N) is 2. The van der Waals surface area contributed by atoms with Gasteiger partial charge in [0.2, 0.25) is 0 Å². The van der Waals surface area contributed by atoms with Gasteiger partial charge >= 0.3 is 0 Å². The Morgan fingerprint density at radius 1 is 1.15 bits per heavy atom.